The molecule has 252 valence electrons. The number of aliphatic hydroxyl groups excluding tert-OH is 2. The van der Waals surface area contributed by atoms with Gasteiger partial charge in [-0.15, -0.1) is 11.3 Å². The second-order valence-corrected chi connectivity index (χ2v) is 17.0. The average molecular weight is 690 g/mol. The van der Waals surface area contributed by atoms with E-state index in [1.807, 2.05) is 18.2 Å². The van der Waals surface area contributed by atoms with Crippen LogP contribution < -0.4 is 4.72 Å². The molecule has 9 nitrogen and oxygen atoms in total. The van der Waals surface area contributed by atoms with Gasteiger partial charge in [0.1, 0.15) is 12.8 Å². The normalized spacial score (nSPS) is 40.7. The summed E-state index contributed by atoms with van der Waals surface area (Å²) in [6.07, 6.45) is -0.114. The smallest absolute Gasteiger partial charge is 0.229 e. The molecule has 0 bridgehead atoms. The molecule has 4 fully saturated rings. The second kappa shape index (κ2) is 10.8. The van der Waals surface area contributed by atoms with Crippen LogP contribution in [-0.4, -0.2) is 72.7 Å². The number of sulfonamides is 1. The summed E-state index contributed by atoms with van der Waals surface area (Å²) in [5, 5.41) is 21.9. The summed E-state index contributed by atoms with van der Waals surface area (Å²) in [6, 6.07) is 10.8. The Morgan fingerprint density at radius 2 is 1.94 bits per heavy atom. The lowest BCUT2D eigenvalue weighted by atomic mass is 9.44. The van der Waals surface area contributed by atoms with E-state index in [4.69, 9.17) is 9.47 Å². The summed E-state index contributed by atoms with van der Waals surface area (Å²) in [5.41, 5.74) is -5.46. The Morgan fingerprint density at radius 1 is 1.17 bits per heavy atom. The van der Waals surface area contributed by atoms with Crippen molar-refractivity contribution in [1.82, 2.24) is 0 Å². The summed E-state index contributed by atoms with van der Waals surface area (Å²) in [5.74, 6) is -2.72. The van der Waals surface area contributed by atoms with E-state index in [9.17, 15) is 28.2 Å². The van der Waals surface area contributed by atoms with Crippen LogP contribution in [0.25, 0.3) is 0 Å². The third-order valence-electron chi connectivity index (χ3n) is 11.5. The predicted molar refractivity (Wildman–Crippen MR) is 170 cm³/mol. The van der Waals surface area contributed by atoms with Gasteiger partial charge in [-0.2, -0.15) is 0 Å². The number of halogens is 2. The zero-order valence-corrected chi connectivity index (χ0v) is 27.7. The van der Waals surface area contributed by atoms with Crippen molar-refractivity contribution in [3.05, 3.63) is 75.5 Å². The van der Waals surface area contributed by atoms with E-state index in [-0.39, 0.29) is 24.8 Å². The van der Waals surface area contributed by atoms with E-state index in [1.54, 1.807) is 25.1 Å². The van der Waals surface area contributed by atoms with Crippen molar-refractivity contribution < 1.29 is 46.5 Å². The summed E-state index contributed by atoms with van der Waals surface area (Å²) >= 11 is 1.40. The topological polar surface area (TPSA) is 139 Å². The number of fused-ring (bicyclic) bond motifs is 7. The summed E-state index contributed by atoms with van der Waals surface area (Å²) in [4.78, 5) is 27.5. The largest absolute Gasteiger partial charge is 0.390 e. The van der Waals surface area contributed by atoms with Crippen LogP contribution in [0.2, 0.25) is 0 Å². The highest BCUT2D eigenvalue weighted by Crippen LogP contribution is 2.72. The van der Waals surface area contributed by atoms with Gasteiger partial charge < -0.3 is 19.7 Å². The minimum atomic E-state index is -3.44. The first-order valence-corrected chi connectivity index (χ1v) is 18.4. The van der Waals surface area contributed by atoms with Gasteiger partial charge in [0.25, 0.3) is 0 Å². The summed E-state index contributed by atoms with van der Waals surface area (Å²) < 4.78 is 72.2. The minimum absolute atomic E-state index is 0.0187. The molecule has 13 heteroatoms. The number of nitrogens with one attached hydrogen (secondary N) is 1. The fourth-order valence-corrected chi connectivity index (χ4v) is 11.0. The van der Waals surface area contributed by atoms with Crippen molar-refractivity contribution in [2.45, 2.75) is 75.5 Å². The Labute approximate surface area is 275 Å². The van der Waals surface area contributed by atoms with Gasteiger partial charge in [-0.05, 0) is 79.7 Å². The number of benzene rings is 1. The van der Waals surface area contributed by atoms with Crippen LogP contribution in [0.1, 0.15) is 54.7 Å². The molecule has 1 aliphatic heterocycles. The number of thiophene rings is 1. The summed E-state index contributed by atoms with van der Waals surface area (Å²) in [6.45, 7) is 2.41. The lowest BCUT2D eigenvalue weighted by molar-refractivity contribution is -0.234. The number of anilines is 1. The first-order valence-electron chi connectivity index (χ1n) is 15.6. The van der Waals surface area contributed by atoms with Crippen LogP contribution in [0.3, 0.4) is 0 Å². The highest BCUT2D eigenvalue weighted by Gasteiger charge is 2.80. The minimum Gasteiger partial charge on any atom is -0.390 e. The van der Waals surface area contributed by atoms with Crippen molar-refractivity contribution in [2.24, 2.45) is 22.7 Å². The number of carbonyl (C=O) groups is 2. The fraction of sp³-hybridized carbons (Fsp3) is 0.529. The van der Waals surface area contributed by atoms with Gasteiger partial charge in [-0.25, -0.2) is 17.2 Å². The fourth-order valence-electron chi connectivity index (χ4n) is 9.47. The Bertz CT molecular complexity index is 1830. The molecule has 1 saturated heterocycles. The molecule has 7 rings (SSSR count). The Morgan fingerprint density at radius 3 is 2.66 bits per heavy atom. The molecule has 3 N–H and O–H groups in total. The standard InChI is InChI=1S/C34H37F2NO8S2/c1-31-10-9-20(39)13-24(31)25(35)14-23-22-15-29-34(28(41)17-38,32(22,2)16-27(40)33(23,31)36)45-30(44-29)26-8-7-21(46-26)12-18-5-4-6-19(11-18)37-47(3,42)43/h4-11,13,22-23,25,27,29-30,37-38,40H,12,14-17H2,1-3H3/t22-,23-,25-,27-,29+,30+,31-,32-,33-,34+/m0/s1. The molecule has 4 aliphatic carbocycles. The lowest BCUT2D eigenvalue weighted by Gasteiger charge is -2.63. The Balaban J connectivity index is 1.18. The van der Waals surface area contributed by atoms with E-state index in [0.717, 1.165) is 22.8 Å². The van der Waals surface area contributed by atoms with Crippen molar-refractivity contribution in [1.29, 1.82) is 0 Å². The van der Waals surface area contributed by atoms with E-state index in [0.29, 0.717) is 17.0 Å². The number of allylic oxidation sites excluding steroid dienone is 4. The maximum Gasteiger partial charge on any atom is 0.229 e. The van der Waals surface area contributed by atoms with Crippen molar-refractivity contribution >= 4 is 38.6 Å². The van der Waals surface area contributed by atoms with Crippen LogP contribution in [0.5, 0.6) is 0 Å². The van der Waals surface area contributed by atoms with Crippen LogP contribution in [0, 0.1) is 22.7 Å². The predicted octanol–water partition coefficient (Wildman–Crippen LogP) is 4.35. The monoisotopic (exact) mass is 689 g/mol. The zero-order chi connectivity index (χ0) is 33.7. The van der Waals surface area contributed by atoms with E-state index in [1.165, 1.54) is 30.4 Å². The number of ketones is 2. The van der Waals surface area contributed by atoms with Crippen molar-refractivity contribution in [2.75, 3.05) is 17.6 Å². The number of alkyl halides is 2. The molecule has 47 heavy (non-hydrogen) atoms. The maximum absolute atomic E-state index is 17.6. The second-order valence-electron chi connectivity index (χ2n) is 14.0. The van der Waals surface area contributed by atoms with E-state index in [2.05, 4.69) is 4.72 Å². The molecular weight excluding hydrogens is 653 g/mol. The highest BCUT2D eigenvalue weighted by molar-refractivity contribution is 7.92. The van der Waals surface area contributed by atoms with Gasteiger partial charge >= 0.3 is 0 Å². The van der Waals surface area contributed by atoms with Gasteiger partial charge in [0.2, 0.25) is 10.0 Å². The molecule has 0 amide bonds. The van der Waals surface area contributed by atoms with Crippen LogP contribution >= 0.6 is 11.3 Å². The third kappa shape index (κ3) is 4.68. The molecule has 1 aromatic carbocycles. The molecule has 2 heterocycles. The van der Waals surface area contributed by atoms with Gasteiger partial charge in [0.15, 0.2) is 29.1 Å². The molecule has 1 aromatic heterocycles. The van der Waals surface area contributed by atoms with Gasteiger partial charge in [-0.3, -0.25) is 14.3 Å². The Hall–Kier alpha value is -2.81. The van der Waals surface area contributed by atoms with Gasteiger partial charge in [0, 0.05) is 33.7 Å². The summed E-state index contributed by atoms with van der Waals surface area (Å²) in [7, 11) is -3.44. The number of hydrogen-bond acceptors (Lipinski definition) is 9. The van der Waals surface area contributed by atoms with E-state index < -0.39 is 86.8 Å². The quantitative estimate of drug-likeness (QED) is 0.390. The first kappa shape index (κ1) is 32.7. The molecule has 3 saturated carbocycles. The number of aliphatic hydroxyl groups is 2. The van der Waals surface area contributed by atoms with Crippen LogP contribution in [0.15, 0.2) is 60.2 Å². The molecule has 10 atom stereocenters. The lowest BCUT2D eigenvalue weighted by Crippen LogP contribution is -2.70. The average Bonchev–Trinajstić information content (AvgIpc) is 3.68. The molecule has 0 radical (unpaired) electrons. The SMILES string of the molecule is C[C@]12C=CC(=O)C=C1[C@@H](F)C[C@H]1[C@@H]3C[C@H]4O[C@@H](c5ccc(Cc6cccc(NS(C)(=O)=O)c6)s5)O[C@@]4(C(=O)CO)[C@@]3(C)C[C@H](O)[C@@]12F. The highest BCUT2D eigenvalue weighted by atomic mass is 32.2. The number of carbonyl (C=O) groups excluding carboxylic acids is 2. The van der Waals surface area contributed by atoms with E-state index >= 15 is 8.78 Å². The molecule has 5 aliphatic rings. The zero-order valence-electron chi connectivity index (χ0n) is 26.1. The van der Waals surface area contributed by atoms with Crippen molar-refractivity contribution in [3.8, 4) is 0 Å². The van der Waals surface area contributed by atoms with Crippen molar-refractivity contribution in [3.63, 3.8) is 0 Å². The number of Topliss-reactive ketones (excluding diaryl/α,β-unsaturated/α-hetero) is 1. The number of rotatable bonds is 7. The van der Waals surface area contributed by atoms with Gasteiger partial charge in [0.05, 0.1) is 23.3 Å². The third-order valence-corrected chi connectivity index (χ3v) is 13.2. The van der Waals surface area contributed by atoms with Gasteiger partial charge in [-0.1, -0.05) is 25.1 Å². The van der Waals surface area contributed by atoms with Crippen LogP contribution in [0.4, 0.5) is 14.5 Å². The molecule has 0 spiro atoms. The first-order chi connectivity index (χ1) is 22.1. The maximum atomic E-state index is 17.6. The number of hydrogen-bond donors (Lipinski definition) is 3. The number of ether oxygens (including phenoxy) is 2. The molecule has 0 unspecified atom stereocenters. The Kier molecular flexibility index (Phi) is 7.55. The van der Waals surface area contributed by atoms with Crippen LogP contribution in [-0.2, 0) is 35.5 Å². The molecular formula is C34H37F2NO8S2. The molecule has 2 aromatic rings.